The van der Waals surface area contributed by atoms with Crippen molar-refractivity contribution in [2.24, 2.45) is 0 Å². The molecule has 0 saturated carbocycles. The smallest absolute Gasteiger partial charge is 0.257 e. The van der Waals surface area contributed by atoms with Crippen molar-refractivity contribution in [2.75, 3.05) is 20.2 Å². The lowest BCUT2D eigenvalue weighted by atomic mass is 9.89. The lowest BCUT2D eigenvalue weighted by Gasteiger charge is -2.32. The predicted molar refractivity (Wildman–Crippen MR) is 140 cm³/mol. The van der Waals surface area contributed by atoms with Gasteiger partial charge in [0.1, 0.15) is 17.1 Å². The molecule has 1 amide bonds. The van der Waals surface area contributed by atoms with Crippen molar-refractivity contribution >= 4 is 16.9 Å². The van der Waals surface area contributed by atoms with Gasteiger partial charge in [-0.05, 0) is 72.9 Å². The molecule has 6 rings (SSSR count). The van der Waals surface area contributed by atoms with Gasteiger partial charge in [0.2, 0.25) is 0 Å². The first-order valence-electron chi connectivity index (χ1n) is 12.2. The van der Waals surface area contributed by atoms with Crippen molar-refractivity contribution in [3.63, 3.8) is 0 Å². The summed E-state index contributed by atoms with van der Waals surface area (Å²) in [6.07, 6.45) is 7.57. The quantitative estimate of drug-likeness (QED) is 0.366. The van der Waals surface area contributed by atoms with Gasteiger partial charge in [0.05, 0.1) is 18.4 Å². The minimum absolute atomic E-state index is 0.0158. The standard InChI is InChI=1S/C29H27N5O2/c1-36-23-11-9-21(10-12-23)27-26(19-34(32-27)22-6-3-2-4-7-22)29(35)33-16-13-20(14-17-33)25-18-31-28-24(25)8-5-15-30-28/h2-12,15,18-20H,13-14,16-17H2,1H3,(H,30,31). The van der Waals surface area contributed by atoms with Gasteiger partial charge < -0.3 is 14.6 Å². The largest absolute Gasteiger partial charge is 0.497 e. The van der Waals surface area contributed by atoms with Crippen LogP contribution in [-0.4, -0.2) is 50.8 Å². The number of aromatic nitrogens is 4. The lowest BCUT2D eigenvalue weighted by molar-refractivity contribution is 0.0714. The van der Waals surface area contributed by atoms with Gasteiger partial charge in [-0.3, -0.25) is 4.79 Å². The summed E-state index contributed by atoms with van der Waals surface area (Å²) >= 11 is 0. The molecule has 0 spiro atoms. The monoisotopic (exact) mass is 477 g/mol. The zero-order valence-corrected chi connectivity index (χ0v) is 20.1. The summed E-state index contributed by atoms with van der Waals surface area (Å²) in [4.78, 5) is 23.5. The molecule has 1 aliphatic heterocycles. The number of para-hydroxylation sites is 1. The molecule has 0 radical (unpaired) electrons. The third-order valence-electron chi connectivity index (χ3n) is 7.03. The van der Waals surface area contributed by atoms with Crippen LogP contribution in [0, 0.1) is 0 Å². The molecule has 1 saturated heterocycles. The van der Waals surface area contributed by atoms with E-state index in [4.69, 9.17) is 9.84 Å². The zero-order valence-electron chi connectivity index (χ0n) is 20.1. The van der Waals surface area contributed by atoms with E-state index in [0.717, 1.165) is 35.5 Å². The number of carbonyl (C=O) groups is 1. The summed E-state index contributed by atoms with van der Waals surface area (Å²) in [6, 6.07) is 21.7. The highest BCUT2D eigenvalue weighted by Crippen LogP contribution is 2.34. The van der Waals surface area contributed by atoms with Crippen LogP contribution in [0.15, 0.2) is 85.3 Å². The molecule has 0 aliphatic carbocycles. The second-order valence-electron chi connectivity index (χ2n) is 9.11. The number of likely N-dealkylation sites (tertiary alicyclic amines) is 1. The third kappa shape index (κ3) is 4.02. The van der Waals surface area contributed by atoms with Crippen molar-refractivity contribution < 1.29 is 9.53 Å². The van der Waals surface area contributed by atoms with Crippen LogP contribution < -0.4 is 4.74 Å². The highest BCUT2D eigenvalue weighted by molar-refractivity contribution is 6.00. The molecule has 1 fully saturated rings. The number of hydrogen-bond donors (Lipinski definition) is 1. The molecule has 180 valence electrons. The average Bonchev–Trinajstić information content (AvgIpc) is 3.59. The molecule has 5 aromatic rings. The molecule has 1 aliphatic rings. The molecule has 7 heteroatoms. The molecule has 3 aromatic heterocycles. The van der Waals surface area contributed by atoms with Gasteiger partial charge in [0.15, 0.2) is 0 Å². The van der Waals surface area contributed by atoms with Crippen LogP contribution in [0.1, 0.15) is 34.7 Å². The van der Waals surface area contributed by atoms with Gasteiger partial charge in [0.25, 0.3) is 5.91 Å². The third-order valence-corrected chi connectivity index (χ3v) is 7.03. The fraction of sp³-hybridized carbons (Fsp3) is 0.207. The van der Waals surface area contributed by atoms with Crippen molar-refractivity contribution in [3.8, 4) is 22.7 Å². The highest BCUT2D eigenvalue weighted by Gasteiger charge is 2.29. The number of pyridine rings is 1. The number of aromatic amines is 1. The Morgan fingerprint density at radius 2 is 1.78 bits per heavy atom. The van der Waals surface area contributed by atoms with Crippen LogP contribution >= 0.6 is 0 Å². The van der Waals surface area contributed by atoms with E-state index >= 15 is 0 Å². The van der Waals surface area contributed by atoms with Gasteiger partial charge in [-0.25, -0.2) is 9.67 Å². The number of ether oxygens (including phenoxy) is 1. The Kier molecular flexibility index (Phi) is 5.73. The maximum absolute atomic E-state index is 13.8. The van der Waals surface area contributed by atoms with Crippen LogP contribution in [0.3, 0.4) is 0 Å². The predicted octanol–water partition coefficient (Wildman–Crippen LogP) is 5.44. The number of H-pyrrole nitrogens is 1. The van der Waals surface area contributed by atoms with E-state index in [-0.39, 0.29) is 5.91 Å². The SMILES string of the molecule is COc1ccc(-c2nn(-c3ccccc3)cc2C(=O)N2CCC(c3c[nH]c4ncccc34)CC2)cc1. The van der Waals surface area contributed by atoms with Crippen molar-refractivity contribution in [1.82, 2.24) is 24.6 Å². The molecule has 0 bridgehead atoms. The number of hydrogen-bond acceptors (Lipinski definition) is 4. The number of carbonyl (C=O) groups excluding carboxylic acids is 1. The molecule has 4 heterocycles. The second kappa shape index (κ2) is 9.34. The molecular formula is C29H27N5O2. The summed E-state index contributed by atoms with van der Waals surface area (Å²) in [5, 5.41) is 6.00. The minimum atomic E-state index is 0.0158. The Bertz CT molecular complexity index is 1500. The van der Waals surface area contributed by atoms with E-state index in [1.54, 1.807) is 18.0 Å². The Labute approximate surface area is 209 Å². The van der Waals surface area contributed by atoms with Crippen molar-refractivity contribution in [3.05, 3.63) is 96.4 Å². The number of fused-ring (bicyclic) bond motifs is 1. The van der Waals surface area contributed by atoms with Crippen molar-refractivity contribution in [1.29, 1.82) is 0 Å². The van der Waals surface area contributed by atoms with Gasteiger partial charge in [-0.15, -0.1) is 0 Å². The molecule has 36 heavy (non-hydrogen) atoms. The number of nitrogens with one attached hydrogen (secondary N) is 1. The Morgan fingerprint density at radius 3 is 2.53 bits per heavy atom. The zero-order chi connectivity index (χ0) is 24.5. The first-order valence-corrected chi connectivity index (χ1v) is 12.2. The van der Waals surface area contributed by atoms with E-state index in [0.29, 0.717) is 30.3 Å². The fourth-order valence-corrected chi connectivity index (χ4v) is 5.08. The Morgan fingerprint density at radius 1 is 1.00 bits per heavy atom. The van der Waals surface area contributed by atoms with Crippen LogP contribution in [0.5, 0.6) is 5.75 Å². The number of nitrogens with zero attached hydrogens (tertiary/aromatic N) is 4. The lowest BCUT2D eigenvalue weighted by Crippen LogP contribution is -2.38. The topological polar surface area (TPSA) is 76.0 Å². The van der Waals surface area contributed by atoms with Crippen LogP contribution in [0.25, 0.3) is 28.0 Å². The summed E-state index contributed by atoms with van der Waals surface area (Å²) in [5.74, 6) is 1.19. The summed E-state index contributed by atoms with van der Waals surface area (Å²) in [6.45, 7) is 1.41. The van der Waals surface area contributed by atoms with Gasteiger partial charge in [-0.1, -0.05) is 18.2 Å². The van der Waals surface area contributed by atoms with E-state index < -0.39 is 0 Å². The molecular weight excluding hydrogens is 450 g/mol. The number of amides is 1. The van der Waals surface area contributed by atoms with E-state index in [1.165, 1.54) is 10.9 Å². The molecule has 0 atom stereocenters. The maximum Gasteiger partial charge on any atom is 0.257 e. The van der Waals surface area contributed by atoms with Gasteiger partial charge in [-0.2, -0.15) is 5.10 Å². The van der Waals surface area contributed by atoms with Gasteiger partial charge in [0, 0.05) is 42.6 Å². The number of benzene rings is 2. The number of methoxy groups -OCH3 is 1. The second-order valence-corrected chi connectivity index (χ2v) is 9.11. The number of piperidine rings is 1. The van der Waals surface area contributed by atoms with E-state index in [9.17, 15) is 4.79 Å². The van der Waals surface area contributed by atoms with Crippen LogP contribution in [-0.2, 0) is 0 Å². The van der Waals surface area contributed by atoms with E-state index in [1.807, 2.05) is 71.8 Å². The summed E-state index contributed by atoms with van der Waals surface area (Å²) in [5.41, 5.74) is 5.30. The molecule has 2 aromatic carbocycles. The Hall–Kier alpha value is -4.39. The molecule has 7 nitrogen and oxygen atoms in total. The van der Waals surface area contributed by atoms with E-state index in [2.05, 4.69) is 22.2 Å². The van der Waals surface area contributed by atoms with Crippen molar-refractivity contribution in [2.45, 2.75) is 18.8 Å². The number of rotatable bonds is 5. The first kappa shape index (κ1) is 22.1. The Balaban J connectivity index is 1.28. The molecule has 0 unspecified atom stereocenters. The maximum atomic E-state index is 13.8. The summed E-state index contributed by atoms with van der Waals surface area (Å²) < 4.78 is 7.10. The normalized spacial score (nSPS) is 14.3. The van der Waals surface area contributed by atoms with Gasteiger partial charge >= 0.3 is 0 Å². The first-order chi connectivity index (χ1) is 17.7. The minimum Gasteiger partial charge on any atom is -0.497 e. The molecule has 1 N–H and O–H groups in total. The van der Waals surface area contributed by atoms with Crippen LogP contribution in [0.4, 0.5) is 0 Å². The van der Waals surface area contributed by atoms with Crippen LogP contribution in [0.2, 0.25) is 0 Å². The fourth-order valence-electron chi connectivity index (χ4n) is 5.08. The summed E-state index contributed by atoms with van der Waals surface area (Å²) in [7, 11) is 1.64. The highest BCUT2D eigenvalue weighted by atomic mass is 16.5. The average molecular weight is 478 g/mol.